The molecule has 0 aromatic heterocycles. The third kappa shape index (κ3) is 1.98. The van der Waals surface area contributed by atoms with E-state index < -0.39 is 0 Å². The molecule has 60 valence electrons. The lowest BCUT2D eigenvalue weighted by Gasteiger charge is -2.38. The minimum atomic E-state index is 0.273. The predicted octanol–water partition coefficient (Wildman–Crippen LogP) is 2.75. The molecule has 1 heterocycles. The van der Waals surface area contributed by atoms with Crippen LogP contribution in [0.2, 0.25) is 0 Å². The zero-order chi connectivity index (χ0) is 7.45. The van der Waals surface area contributed by atoms with Crippen molar-refractivity contribution in [3.8, 4) is 0 Å². The van der Waals surface area contributed by atoms with Gasteiger partial charge < -0.3 is 4.74 Å². The van der Waals surface area contributed by atoms with Gasteiger partial charge in [0.05, 0.1) is 12.2 Å². The van der Waals surface area contributed by atoms with E-state index in [2.05, 4.69) is 13.8 Å². The minimum absolute atomic E-state index is 0.273. The van der Waals surface area contributed by atoms with Gasteiger partial charge in [-0.05, 0) is 19.8 Å². The summed E-state index contributed by atoms with van der Waals surface area (Å²) in [6, 6.07) is 0. The fourth-order valence-electron chi connectivity index (χ4n) is 1.40. The van der Waals surface area contributed by atoms with E-state index in [-0.39, 0.29) is 5.60 Å². The van der Waals surface area contributed by atoms with E-state index in [1.807, 2.05) is 0 Å². The van der Waals surface area contributed by atoms with Crippen molar-refractivity contribution in [2.75, 3.05) is 6.61 Å². The van der Waals surface area contributed by atoms with Crippen LogP contribution in [-0.4, -0.2) is 12.2 Å². The smallest absolute Gasteiger partial charge is 0.0676 e. The Hall–Kier alpha value is -0.0400. The average molecular weight is 142 g/mol. The molecule has 1 rings (SSSR count). The van der Waals surface area contributed by atoms with Gasteiger partial charge in [0.15, 0.2) is 0 Å². The Balaban J connectivity index is 2.01. The number of rotatable bonds is 4. The lowest BCUT2D eigenvalue weighted by atomic mass is 9.91. The standard InChI is InChI=1S/C9H18O/c1-3-4-5-6-9(2)7-8-10-9/h3-8H2,1-2H3. The molecule has 1 unspecified atom stereocenters. The molecular formula is C9H18O. The molecule has 0 N–H and O–H groups in total. The molecule has 0 aliphatic carbocycles. The highest BCUT2D eigenvalue weighted by molar-refractivity contribution is 4.81. The molecule has 0 bridgehead atoms. The van der Waals surface area contributed by atoms with E-state index in [4.69, 9.17) is 4.74 Å². The van der Waals surface area contributed by atoms with Crippen LogP contribution in [-0.2, 0) is 4.74 Å². The van der Waals surface area contributed by atoms with Crippen LogP contribution in [0.3, 0.4) is 0 Å². The van der Waals surface area contributed by atoms with Gasteiger partial charge in [-0.2, -0.15) is 0 Å². The summed E-state index contributed by atoms with van der Waals surface area (Å²) in [4.78, 5) is 0. The summed E-state index contributed by atoms with van der Waals surface area (Å²) in [5.74, 6) is 0. The Labute approximate surface area is 63.8 Å². The molecule has 0 spiro atoms. The van der Waals surface area contributed by atoms with Crippen LogP contribution in [0.4, 0.5) is 0 Å². The summed E-state index contributed by atoms with van der Waals surface area (Å²) in [6.45, 7) is 5.46. The zero-order valence-electron chi connectivity index (χ0n) is 7.15. The summed E-state index contributed by atoms with van der Waals surface area (Å²) in [5.41, 5.74) is 0.273. The molecule has 1 heteroatoms. The molecule has 1 nitrogen and oxygen atoms in total. The van der Waals surface area contributed by atoms with Gasteiger partial charge in [0.25, 0.3) is 0 Å². The van der Waals surface area contributed by atoms with Crippen LogP contribution < -0.4 is 0 Å². The second-order valence-corrected chi connectivity index (χ2v) is 3.51. The molecule has 0 aromatic carbocycles. The SMILES string of the molecule is CCCCCC1(C)CCO1. The molecule has 0 amide bonds. The van der Waals surface area contributed by atoms with Crippen molar-refractivity contribution in [1.29, 1.82) is 0 Å². The maximum absolute atomic E-state index is 5.46. The van der Waals surface area contributed by atoms with Gasteiger partial charge in [0.1, 0.15) is 0 Å². The Bertz CT molecular complexity index is 94.9. The van der Waals surface area contributed by atoms with E-state index >= 15 is 0 Å². The van der Waals surface area contributed by atoms with Crippen LogP contribution in [0.15, 0.2) is 0 Å². The van der Waals surface area contributed by atoms with Gasteiger partial charge in [-0.1, -0.05) is 26.2 Å². The van der Waals surface area contributed by atoms with Crippen LogP contribution in [0.1, 0.15) is 46.0 Å². The van der Waals surface area contributed by atoms with E-state index in [0.29, 0.717) is 0 Å². The highest BCUT2D eigenvalue weighted by Gasteiger charge is 2.31. The maximum atomic E-state index is 5.46. The normalized spacial score (nSPS) is 31.8. The van der Waals surface area contributed by atoms with Crippen molar-refractivity contribution in [2.45, 2.75) is 51.6 Å². The lowest BCUT2D eigenvalue weighted by molar-refractivity contribution is -0.139. The van der Waals surface area contributed by atoms with Crippen molar-refractivity contribution >= 4 is 0 Å². The summed E-state index contributed by atoms with van der Waals surface area (Å²) >= 11 is 0. The largest absolute Gasteiger partial charge is 0.375 e. The molecule has 1 aliphatic rings. The Morgan fingerprint density at radius 3 is 2.50 bits per heavy atom. The minimum Gasteiger partial charge on any atom is -0.375 e. The Kier molecular flexibility index (Phi) is 2.72. The molecule has 0 radical (unpaired) electrons. The van der Waals surface area contributed by atoms with Crippen molar-refractivity contribution < 1.29 is 4.74 Å². The van der Waals surface area contributed by atoms with Gasteiger partial charge in [-0.25, -0.2) is 0 Å². The monoisotopic (exact) mass is 142 g/mol. The van der Waals surface area contributed by atoms with Gasteiger partial charge in [-0.15, -0.1) is 0 Å². The topological polar surface area (TPSA) is 9.23 Å². The number of ether oxygens (including phenoxy) is 1. The van der Waals surface area contributed by atoms with E-state index in [1.54, 1.807) is 0 Å². The summed E-state index contributed by atoms with van der Waals surface area (Å²) in [7, 11) is 0. The molecule has 1 saturated heterocycles. The number of hydrogen-bond donors (Lipinski definition) is 0. The lowest BCUT2D eigenvalue weighted by Crippen LogP contribution is -2.40. The number of unbranched alkanes of at least 4 members (excludes halogenated alkanes) is 2. The first kappa shape index (κ1) is 8.06. The highest BCUT2D eigenvalue weighted by Crippen LogP contribution is 2.30. The van der Waals surface area contributed by atoms with Crippen molar-refractivity contribution in [3.05, 3.63) is 0 Å². The van der Waals surface area contributed by atoms with Crippen LogP contribution in [0, 0.1) is 0 Å². The predicted molar refractivity (Wildman–Crippen MR) is 43.1 cm³/mol. The quantitative estimate of drug-likeness (QED) is 0.548. The summed E-state index contributed by atoms with van der Waals surface area (Å²) in [5, 5.41) is 0. The van der Waals surface area contributed by atoms with E-state index in [1.165, 1.54) is 32.1 Å². The molecule has 1 fully saturated rings. The average Bonchev–Trinajstić information content (AvgIpc) is 1.85. The van der Waals surface area contributed by atoms with Crippen LogP contribution >= 0.6 is 0 Å². The fraction of sp³-hybridized carbons (Fsp3) is 1.00. The maximum Gasteiger partial charge on any atom is 0.0676 e. The van der Waals surface area contributed by atoms with E-state index in [9.17, 15) is 0 Å². The molecular weight excluding hydrogens is 124 g/mol. The van der Waals surface area contributed by atoms with Crippen LogP contribution in [0.5, 0.6) is 0 Å². The third-order valence-electron chi connectivity index (χ3n) is 2.39. The summed E-state index contributed by atoms with van der Waals surface area (Å²) in [6.07, 6.45) is 6.56. The Morgan fingerprint density at radius 1 is 1.40 bits per heavy atom. The van der Waals surface area contributed by atoms with Gasteiger partial charge in [0, 0.05) is 0 Å². The molecule has 10 heavy (non-hydrogen) atoms. The first-order valence-electron chi connectivity index (χ1n) is 4.41. The first-order valence-corrected chi connectivity index (χ1v) is 4.41. The Morgan fingerprint density at radius 2 is 2.10 bits per heavy atom. The molecule has 0 aromatic rings. The van der Waals surface area contributed by atoms with Crippen molar-refractivity contribution in [2.24, 2.45) is 0 Å². The molecule has 1 atom stereocenters. The fourth-order valence-corrected chi connectivity index (χ4v) is 1.40. The van der Waals surface area contributed by atoms with E-state index in [0.717, 1.165) is 6.61 Å². The van der Waals surface area contributed by atoms with Crippen LogP contribution in [0.25, 0.3) is 0 Å². The zero-order valence-corrected chi connectivity index (χ0v) is 7.15. The summed E-state index contributed by atoms with van der Waals surface area (Å²) < 4.78 is 5.46. The molecule has 1 aliphatic heterocycles. The first-order chi connectivity index (χ1) is 4.77. The second-order valence-electron chi connectivity index (χ2n) is 3.51. The molecule has 0 saturated carbocycles. The van der Waals surface area contributed by atoms with Gasteiger partial charge in [-0.3, -0.25) is 0 Å². The van der Waals surface area contributed by atoms with Crippen molar-refractivity contribution in [3.63, 3.8) is 0 Å². The van der Waals surface area contributed by atoms with Gasteiger partial charge in [0.2, 0.25) is 0 Å². The second kappa shape index (κ2) is 3.38. The van der Waals surface area contributed by atoms with Gasteiger partial charge >= 0.3 is 0 Å². The third-order valence-corrected chi connectivity index (χ3v) is 2.39. The number of hydrogen-bond acceptors (Lipinski definition) is 1. The highest BCUT2D eigenvalue weighted by atomic mass is 16.5. The van der Waals surface area contributed by atoms with Crippen molar-refractivity contribution in [1.82, 2.24) is 0 Å².